The molecule has 0 fully saturated rings. The summed E-state index contributed by atoms with van der Waals surface area (Å²) in [4.78, 5) is 20.5. The van der Waals surface area contributed by atoms with Gasteiger partial charge in [0.15, 0.2) is 11.6 Å². The molecule has 3 rings (SSSR count). The molecule has 0 radical (unpaired) electrons. The zero-order valence-electron chi connectivity index (χ0n) is 14.5. The van der Waals surface area contributed by atoms with Crippen LogP contribution < -0.4 is 10.5 Å². The van der Waals surface area contributed by atoms with E-state index in [2.05, 4.69) is 9.97 Å². The molecule has 3 aromatic rings. The fraction of sp³-hybridized carbons (Fsp3) is 0.353. The highest BCUT2D eigenvalue weighted by atomic mass is 19.1. The minimum Gasteiger partial charge on any atom is -0.494 e. The molecule has 0 aliphatic rings. The molecule has 2 aromatic heterocycles. The number of hydrogen-bond donors (Lipinski definition) is 1. The predicted octanol–water partition coefficient (Wildman–Crippen LogP) is 2.66. The van der Waals surface area contributed by atoms with Gasteiger partial charge in [-0.25, -0.2) is 14.4 Å². The zero-order chi connectivity index (χ0) is 18.4. The van der Waals surface area contributed by atoms with Gasteiger partial charge in [0.05, 0.1) is 18.0 Å². The molecule has 0 bridgehead atoms. The third kappa shape index (κ3) is 3.07. The summed E-state index contributed by atoms with van der Waals surface area (Å²) in [5.41, 5.74) is 6.25. The van der Waals surface area contributed by atoms with Crippen LogP contribution in [-0.2, 0) is 16.1 Å². The lowest BCUT2D eigenvalue weighted by molar-refractivity contribution is -0.155. The number of halogens is 1. The van der Waals surface area contributed by atoms with Crippen molar-refractivity contribution in [1.82, 2.24) is 14.5 Å². The highest BCUT2D eigenvalue weighted by Gasteiger charge is 2.22. The van der Waals surface area contributed by atoms with E-state index in [0.717, 1.165) is 0 Å². The maximum atomic E-state index is 14.2. The molecule has 0 amide bonds. The number of nitrogens with two attached hydrogens (primary N) is 1. The Labute approximate surface area is 143 Å². The van der Waals surface area contributed by atoms with Gasteiger partial charge in [-0.05, 0) is 26.8 Å². The number of carbonyl (C=O) groups excluding carboxylic acids is 1. The number of hydrogen-bond acceptors (Lipinski definition) is 6. The topological polar surface area (TPSA) is 92.3 Å². The van der Waals surface area contributed by atoms with Gasteiger partial charge < -0.3 is 19.8 Å². The summed E-state index contributed by atoms with van der Waals surface area (Å²) in [7, 11) is 1.38. The van der Waals surface area contributed by atoms with Gasteiger partial charge in [0, 0.05) is 11.5 Å². The molecule has 8 heteroatoms. The molecule has 132 valence electrons. The van der Waals surface area contributed by atoms with Crippen LogP contribution in [0.5, 0.6) is 5.75 Å². The molecule has 0 spiro atoms. The van der Waals surface area contributed by atoms with Crippen LogP contribution in [0, 0.1) is 5.82 Å². The summed E-state index contributed by atoms with van der Waals surface area (Å²) in [6, 6.07) is 2.82. The number of nitrogen functional groups attached to an aromatic ring is 1. The van der Waals surface area contributed by atoms with Gasteiger partial charge in [0.25, 0.3) is 0 Å². The predicted molar refractivity (Wildman–Crippen MR) is 91.8 cm³/mol. The first-order valence-electron chi connectivity index (χ1n) is 7.69. The smallest absolute Gasteiger partial charge is 0.326 e. The molecule has 0 saturated carbocycles. The summed E-state index contributed by atoms with van der Waals surface area (Å²) in [5.74, 6) is -0.687. The monoisotopic (exact) mass is 346 g/mol. The lowest BCUT2D eigenvalue weighted by atomic mass is 10.2. The Balaban J connectivity index is 2.24. The maximum absolute atomic E-state index is 14.2. The van der Waals surface area contributed by atoms with Gasteiger partial charge in [0.1, 0.15) is 29.9 Å². The Kier molecular flexibility index (Phi) is 3.98. The van der Waals surface area contributed by atoms with Gasteiger partial charge in [-0.1, -0.05) is 0 Å². The number of methoxy groups -OCH3 is 1. The van der Waals surface area contributed by atoms with Gasteiger partial charge in [-0.15, -0.1) is 0 Å². The molecule has 25 heavy (non-hydrogen) atoms. The first kappa shape index (κ1) is 16.9. The van der Waals surface area contributed by atoms with Gasteiger partial charge in [0.2, 0.25) is 0 Å². The van der Waals surface area contributed by atoms with Crippen LogP contribution in [0.15, 0.2) is 18.5 Å². The molecule has 1 aromatic carbocycles. The quantitative estimate of drug-likeness (QED) is 0.733. The Hall–Kier alpha value is -2.90. The molecule has 2 heterocycles. The van der Waals surface area contributed by atoms with Crippen molar-refractivity contribution in [3.63, 3.8) is 0 Å². The van der Waals surface area contributed by atoms with E-state index in [4.69, 9.17) is 15.2 Å². The van der Waals surface area contributed by atoms with E-state index in [1.54, 1.807) is 25.3 Å². The van der Waals surface area contributed by atoms with E-state index < -0.39 is 17.4 Å². The van der Waals surface area contributed by atoms with Crippen molar-refractivity contribution in [2.45, 2.75) is 32.9 Å². The number of nitrogens with zero attached hydrogens (tertiary/aromatic N) is 3. The highest BCUT2D eigenvalue weighted by Crippen LogP contribution is 2.34. The summed E-state index contributed by atoms with van der Waals surface area (Å²) < 4.78 is 26.2. The van der Waals surface area contributed by atoms with Crippen molar-refractivity contribution in [3.8, 4) is 5.75 Å². The molecule has 0 aliphatic heterocycles. The largest absolute Gasteiger partial charge is 0.494 e. The van der Waals surface area contributed by atoms with Crippen LogP contribution in [0.25, 0.3) is 21.9 Å². The van der Waals surface area contributed by atoms with Gasteiger partial charge in [-0.2, -0.15) is 0 Å². The lowest BCUT2D eigenvalue weighted by Crippen LogP contribution is -2.26. The number of rotatable bonds is 3. The molecule has 0 unspecified atom stereocenters. The second kappa shape index (κ2) is 5.87. The number of benzene rings is 1. The van der Waals surface area contributed by atoms with Crippen molar-refractivity contribution in [1.29, 1.82) is 0 Å². The number of carbonyl (C=O) groups is 1. The molecule has 7 nitrogen and oxygen atoms in total. The third-order valence-corrected chi connectivity index (χ3v) is 3.65. The van der Waals surface area contributed by atoms with Crippen LogP contribution >= 0.6 is 0 Å². The molecule has 0 saturated heterocycles. The minimum atomic E-state index is -0.627. The van der Waals surface area contributed by atoms with Crippen LogP contribution in [0.3, 0.4) is 0 Å². The summed E-state index contributed by atoms with van der Waals surface area (Å²) >= 11 is 0. The fourth-order valence-electron chi connectivity index (χ4n) is 2.75. The number of aromatic nitrogens is 3. The number of anilines is 1. The maximum Gasteiger partial charge on any atom is 0.326 e. The van der Waals surface area contributed by atoms with E-state index in [1.165, 1.54) is 25.6 Å². The Bertz CT molecular complexity index is 976. The lowest BCUT2D eigenvalue weighted by Gasteiger charge is -2.20. The highest BCUT2D eigenvalue weighted by molar-refractivity contribution is 6.12. The van der Waals surface area contributed by atoms with E-state index in [0.29, 0.717) is 21.9 Å². The third-order valence-electron chi connectivity index (χ3n) is 3.65. The van der Waals surface area contributed by atoms with Crippen molar-refractivity contribution in [3.05, 3.63) is 24.3 Å². The average molecular weight is 346 g/mol. The minimum absolute atomic E-state index is 0.0760. The molecular formula is C17H19FN4O3. The first-order chi connectivity index (χ1) is 11.7. The van der Waals surface area contributed by atoms with Crippen LogP contribution in [-0.4, -0.2) is 33.2 Å². The van der Waals surface area contributed by atoms with Crippen molar-refractivity contribution >= 4 is 33.7 Å². The van der Waals surface area contributed by atoms with Gasteiger partial charge in [-0.3, -0.25) is 4.79 Å². The number of ether oxygens (including phenoxy) is 2. The molecule has 0 aliphatic carbocycles. The Morgan fingerprint density at radius 2 is 2.04 bits per heavy atom. The SMILES string of the molecule is COc1cc2c3c(N)ncnc3n(CC(=O)OC(C)(C)C)c2cc1F. The molecule has 0 atom stereocenters. The normalized spacial score (nSPS) is 11.9. The molecular weight excluding hydrogens is 327 g/mol. The second-order valence-electron chi connectivity index (χ2n) is 6.63. The number of esters is 1. The zero-order valence-corrected chi connectivity index (χ0v) is 14.5. The first-order valence-corrected chi connectivity index (χ1v) is 7.69. The Morgan fingerprint density at radius 3 is 2.68 bits per heavy atom. The van der Waals surface area contributed by atoms with Crippen molar-refractivity contribution < 1.29 is 18.7 Å². The molecule has 2 N–H and O–H groups in total. The fourth-order valence-corrected chi connectivity index (χ4v) is 2.75. The second-order valence-corrected chi connectivity index (χ2v) is 6.63. The van der Waals surface area contributed by atoms with Crippen molar-refractivity contribution in [2.24, 2.45) is 0 Å². The van der Waals surface area contributed by atoms with Gasteiger partial charge >= 0.3 is 5.97 Å². The van der Waals surface area contributed by atoms with E-state index in [-0.39, 0.29) is 18.1 Å². The summed E-state index contributed by atoms with van der Waals surface area (Å²) in [6.45, 7) is 5.21. The summed E-state index contributed by atoms with van der Waals surface area (Å²) in [6.07, 6.45) is 1.30. The van der Waals surface area contributed by atoms with E-state index >= 15 is 0 Å². The van der Waals surface area contributed by atoms with E-state index in [1.807, 2.05) is 0 Å². The average Bonchev–Trinajstić information content (AvgIpc) is 2.79. The summed E-state index contributed by atoms with van der Waals surface area (Å²) in [5, 5.41) is 1.15. The standard InChI is InChI=1S/C17H19FN4O3/c1-17(2,3)25-13(23)7-22-11-6-10(18)12(24-4)5-9(11)14-15(19)20-8-21-16(14)22/h5-6,8H,7H2,1-4H3,(H2,19,20,21). The van der Waals surface area contributed by atoms with Crippen molar-refractivity contribution in [2.75, 3.05) is 12.8 Å². The van der Waals surface area contributed by atoms with Crippen LogP contribution in [0.1, 0.15) is 20.8 Å². The van der Waals surface area contributed by atoms with Crippen LogP contribution in [0.2, 0.25) is 0 Å². The van der Waals surface area contributed by atoms with E-state index in [9.17, 15) is 9.18 Å². The number of fused-ring (bicyclic) bond motifs is 3. The van der Waals surface area contributed by atoms with Crippen LogP contribution in [0.4, 0.5) is 10.2 Å². The Morgan fingerprint density at radius 1 is 1.32 bits per heavy atom.